The molecule has 0 saturated carbocycles. The highest BCUT2D eigenvalue weighted by atomic mass is 79.9. The number of benzene rings is 1. The summed E-state index contributed by atoms with van der Waals surface area (Å²) in [4.78, 5) is 3.99. The number of nitrogens with two attached hydrogens (primary N) is 1. The summed E-state index contributed by atoms with van der Waals surface area (Å²) in [7, 11) is 0. The van der Waals surface area contributed by atoms with Gasteiger partial charge in [-0.1, -0.05) is 6.07 Å². The minimum atomic E-state index is -0.655. The Morgan fingerprint density at radius 3 is 2.61 bits per heavy atom. The lowest BCUT2D eigenvalue weighted by Gasteiger charge is -2.17. The van der Waals surface area contributed by atoms with Gasteiger partial charge in [0, 0.05) is 28.5 Å². The molecule has 1 heterocycles. The monoisotopic (exact) mass is 313 g/mol. The maximum absolute atomic E-state index is 13.7. The first kappa shape index (κ1) is 13.1. The Balaban J connectivity index is 2.45. The van der Waals surface area contributed by atoms with Crippen molar-refractivity contribution in [2.24, 2.45) is 5.84 Å². The van der Waals surface area contributed by atoms with Crippen LogP contribution in [0.3, 0.4) is 0 Å². The summed E-state index contributed by atoms with van der Waals surface area (Å²) in [5.74, 6) is 4.16. The second kappa shape index (κ2) is 5.51. The normalized spacial score (nSPS) is 12.4. The highest BCUT2D eigenvalue weighted by Gasteiger charge is 2.17. The molecular formula is C12H10BrF2N3. The van der Waals surface area contributed by atoms with E-state index in [1.54, 1.807) is 18.5 Å². The summed E-state index contributed by atoms with van der Waals surface area (Å²) in [6, 6.07) is 4.55. The predicted octanol–water partition coefficient (Wildman–Crippen LogP) is 2.68. The number of hydrogen-bond donors (Lipinski definition) is 2. The van der Waals surface area contributed by atoms with Gasteiger partial charge in [0.25, 0.3) is 0 Å². The molecule has 0 aliphatic heterocycles. The first-order chi connectivity index (χ1) is 8.61. The van der Waals surface area contributed by atoms with Crippen molar-refractivity contribution >= 4 is 15.9 Å². The summed E-state index contributed by atoms with van der Waals surface area (Å²) in [5, 5.41) is 0. The number of hydrogen-bond acceptors (Lipinski definition) is 3. The fourth-order valence-electron chi connectivity index (χ4n) is 1.69. The van der Waals surface area contributed by atoms with Gasteiger partial charge in [0.2, 0.25) is 0 Å². The van der Waals surface area contributed by atoms with E-state index in [-0.39, 0.29) is 5.56 Å². The van der Waals surface area contributed by atoms with Gasteiger partial charge in [0.1, 0.15) is 11.6 Å². The van der Waals surface area contributed by atoms with E-state index in [9.17, 15) is 8.78 Å². The van der Waals surface area contributed by atoms with Crippen molar-refractivity contribution < 1.29 is 8.78 Å². The van der Waals surface area contributed by atoms with E-state index >= 15 is 0 Å². The molecule has 1 atom stereocenters. The smallest absolute Gasteiger partial charge is 0.131 e. The molecule has 0 spiro atoms. The van der Waals surface area contributed by atoms with Crippen molar-refractivity contribution in [2.75, 3.05) is 0 Å². The fraction of sp³-hybridized carbons (Fsp3) is 0.0833. The zero-order valence-corrected chi connectivity index (χ0v) is 10.8. The van der Waals surface area contributed by atoms with Crippen LogP contribution in [0.5, 0.6) is 0 Å². The summed E-state index contributed by atoms with van der Waals surface area (Å²) >= 11 is 3.28. The van der Waals surface area contributed by atoms with Crippen molar-refractivity contribution in [3.8, 4) is 0 Å². The van der Waals surface area contributed by atoms with Gasteiger partial charge in [-0.2, -0.15) is 0 Å². The number of hydrazine groups is 1. The number of rotatable bonds is 3. The van der Waals surface area contributed by atoms with Crippen molar-refractivity contribution in [2.45, 2.75) is 6.04 Å². The van der Waals surface area contributed by atoms with Crippen LogP contribution in [0.2, 0.25) is 0 Å². The predicted molar refractivity (Wildman–Crippen MR) is 67.5 cm³/mol. The minimum Gasteiger partial charge on any atom is -0.271 e. The highest BCUT2D eigenvalue weighted by molar-refractivity contribution is 9.10. The van der Waals surface area contributed by atoms with Gasteiger partial charge in [0.15, 0.2) is 0 Å². The van der Waals surface area contributed by atoms with Gasteiger partial charge >= 0.3 is 0 Å². The third kappa shape index (κ3) is 2.72. The first-order valence-corrected chi connectivity index (χ1v) is 5.92. The molecule has 3 N–H and O–H groups in total. The van der Waals surface area contributed by atoms with Gasteiger partial charge in [0.05, 0.1) is 6.04 Å². The van der Waals surface area contributed by atoms with E-state index in [4.69, 9.17) is 5.84 Å². The fourth-order valence-corrected chi connectivity index (χ4v) is 2.07. The molecule has 1 unspecified atom stereocenters. The zero-order valence-electron chi connectivity index (χ0n) is 9.20. The molecule has 0 saturated heterocycles. The van der Waals surface area contributed by atoms with Crippen LogP contribution in [0.25, 0.3) is 0 Å². The van der Waals surface area contributed by atoms with Gasteiger partial charge in [-0.25, -0.2) is 14.2 Å². The number of nitrogens with one attached hydrogen (secondary N) is 1. The summed E-state index contributed by atoms with van der Waals surface area (Å²) in [6.07, 6.45) is 3.18. The van der Waals surface area contributed by atoms with E-state index < -0.39 is 17.7 Å². The Bertz CT molecular complexity index is 563. The lowest BCUT2D eigenvalue weighted by molar-refractivity contribution is 0.541. The quantitative estimate of drug-likeness (QED) is 0.676. The Morgan fingerprint density at radius 2 is 2.00 bits per heavy atom. The largest absolute Gasteiger partial charge is 0.271 e. The summed E-state index contributed by atoms with van der Waals surface area (Å²) < 4.78 is 27.3. The number of pyridine rings is 1. The molecule has 18 heavy (non-hydrogen) atoms. The Morgan fingerprint density at radius 1 is 1.22 bits per heavy atom. The van der Waals surface area contributed by atoms with E-state index in [1.807, 2.05) is 0 Å². The third-order valence-electron chi connectivity index (χ3n) is 2.50. The molecule has 6 heteroatoms. The molecule has 0 aliphatic rings. The lowest BCUT2D eigenvalue weighted by Crippen LogP contribution is -2.29. The van der Waals surface area contributed by atoms with Crippen molar-refractivity contribution in [3.63, 3.8) is 0 Å². The highest BCUT2D eigenvalue weighted by Crippen LogP contribution is 2.25. The SMILES string of the molecule is NNC(c1cncc(Br)c1)c1ccc(F)cc1F. The topological polar surface area (TPSA) is 50.9 Å². The maximum atomic E-state index is 13.7. The molecule has 0 aliphatic carbocycles. The van der Waals surface area contributed by atoms with Crippen LogP contribution < -0.4 is 11.3 Å². The van der Waals surface area contributed by atoms with Crippen LogP contribution in [-0.4, -0.2) is 4.98 Å². The molecule has 0 bridgehead atoms. The van der Waals surface area contributed by atoms with Crippen molar-refractivity contribution in [3.05, 3.63) is 63.9 Å². The average molecular weight is 314 g/mol. The molecule has 0 fully saturated rings. The maximum Gasteiger partial charge on any atom is 0.131 e. The summed E-state index contributed by atoms with van der Waals surface area (Å²) in [6.45, 7) is 0. The molecule has 0 amide bonds. The van der Waals surface area contributed by atoms with E-state index in [0.29, 0.717) is 5.56 Å². The molecule has 94 valence electrons. The molecule has 2 aromatic rings. The third-order valence-corrected chi connectivity index (χ3v) is 2.93. The second-order valence-electron chi connectivity index (χ2n) is 3.70. The number of aromatic nitrogens is 1. The van der Waals surface area contributed by atoms with Crippen LogP contribution in [0.4, 0.5) is 8.78 Å². The van der Waals surface area contributed by atoms with E-state index in [2.05, 4.69) is 26.3 Å². The van der Waals surface area contributed by atoms with E-state index in [0.717, 1.165) is 10.5 Å². The molecule has 0 radical (unpaired) electrons. The van der Waals surface area contributed by atoms with Crippen LogP contribution in [0, 0.1) is 11.6 Å². The van der Waals surface area contributed by atoms with Crippen LogP contribution in [-0.2, 0) is 0 Å². The molecular weight excluding hydrogens is 304 g/mol. The standard InChI is InChI=1S/C12H10BrF2N3/c13-8-3-7(5-17-6-8)12(18-16)10-2-1-9(14)4-11(10)15/h1-6,12,18H,16H2. The van der Waals surface area contributed by atoms with Gasteiger partial charge < -0.3 is 0 Å². The van der Waals surface area contributed by atoms with Gasteiger partial charge in [-0.3, -0.25) is 10.8 Å². The van der Waals surface area contributed by atoms with Crippen LogP contribution in [0.15, 0.2) is 41.1 Å². The van der Waals surface area contributed by atoms with Crippen molar-refractivity contribution in [1.82, 2.24) is 10.4 Å². The average Bonchev–Trinajstić information content (AvgIpc) is 2.33. The second-order valence-corrected chi connectivity index (χ2v) is 4.62. The van der Waals surface area contributed by atoms with Crippen molar-refractivity contribution in [1.29, 1.82) is 0 Å². The summed E-state index contributed by atoms with van der Waals surface area (Å²) in [5.41, 5.74) is 3.44. The van der Waals surface area contributed by atoms with Crippen LogP contribution in [0.1, 0.15) is 17.2 Å². The first-order valence-electron chi connectivity index (χ1n) is 5.13. The Kier molecular flexibility index (Phi) is 4.00. The Hall–Kier alpha value is -1.37. The lowest BCUT2D eigenvalue weighted by atomic mass is 10.0. The number of halogens is 3. The van der Waals surface area contributed by atoms with Gasteiger partial charge in [-0.05, 0) is 33.6 Å². The molecule has 1 aromatic carbocycles. The minimum absolute atomic E-state index is 0.263. The molecule has 3 nitrogen and oxygen atoms in total. The van der Waals surface area contributed by atoms with Crippen LogP contribution >= 0.6 is 15.9 Å². The zero-order chi connectivity index (χ0) is 13.1. The Labute approximate surface area is 111 Å². The van der Waals surface area contributed by atoms with E-state index in [1.165, 1.54) is 12.1 Å². The molecule has 2 rings (SSSR count). The number of nitrogens with zero attached hydrogens (tertiary/aromatic N) is 1. The van der Waals surface area contributed by atoms with Gasteiger partial charge in [-0.15, -0.1) is 0 Å². The molecule has 1 aromatic heterocycles.